The molecule has 1 aromatic heterocycles. The maximum absolute atomic E-state index is 14.3. The van der Waals surface area contributed by atoms with Crippen LogP contribution in [0.3, 0.4) is 0 Å². The van der Waals surface area contributed by atoms with Gasteiger partial charge in [0.25, 0.3) is 11.5 Å². The van der Waals surface area contributed by atoms with Crippen LogP contribution in [0.15, 0.2) is 77.6 Å². The molecule has 1 amide bonds. The maximum atomic E-state index is 14.3. The molecule has 0 aliphatic heterocycles. The highest BCUT2D eigenvalue weighted by atomic mass is 19.4. The number of para-hydroxylation sites is 1. The Balaban J connectivity index is 0.000000296. The summed E-state index contributed by atoms with van der Waals surface area (Å²) >= 11 is 0. The lowest BCUT2D eigenvalue weighted by Crippen LogP contribution is -2.24. The zero-order valence-corrected chi connectivity index (χ0v) is 22.9. The minimum absolute atomic E-state index is 0.0499. The highest BCUT2D eigenvalue weighted by molar-refractivity contribution is 6.01. The smallest absolute Gasteiger partial charge is 0.417 e. The molecule has 6 nitrogen and oxygen atoms in total. The van der Waals surface area contributed by atoms with Gasteiger partial charge in [0.15, 0.2) is 0 Å². The van der Waals surface area contributed by atoms with Gasteiger partial charge in [-0.15, -0.1) is 0 Å². The Morgan fingerprint density at radius 2 is 1.47 bits per heavy atom. The minimum atomic E-state index is -4.74. The van der Waals surface area contributed by atoms with Crippen LogP contribution in [0.5, 0.6) is 0 Å². The van der Waals surface area contributed by atoms with Gasteiger partial charge in [-0.1, -0.05) is 54.6 Å². The van der Waals surface area contributed by atoms with Crippen molar-refractivity contribution < 1.29 is 36.6 Å². The standard InChI is InChI=1S/C24H18F3NO3.C8H7F2NO/c1-28-19-11-3-2-7-18(19)22(24(25,26)27)21(23(28)31)17-10-5-8-15-14(12-13-20(29)30)6-4-9-16(15)17;1-4-5(9)2-3-6(10)7(4)8(11)12/h2-11H,12-13H2,1H3,(H,29,30);2-3H,1H3,(H2,11,12). The van der Waals surface area contributed by atoms with E-state index in [4.69, 9.17) is 10.8 Å². The molecule has 0 bridgehead atoms. The van der Waals surface area contributed by atoms with Gasteiger partial charge < -0.3 is 15.4 Å². The lowest BCUT2D eigenvalue weighted by Gasteiger charge is -2.19. The van der Waals surface area contributed by atoms with Crippen LogP contribution in [-0.4, -0.2) is 21.6 Å². The van der Waals surface area contributed by atoms with Gasteiger partial charge in [-0.05, 0) is 53.4 Å². The van der Waals surface area contributed by atoms with Crippen LogP contribution in [0.1, 0.15) is 33.5 Å². The summed E-state index contributed by atoms with van der Waals surface area (Å²) in [6.45, 7) is 1.30. The second kappa shape index (κ2) is 12.0. The summed E-state index contributed by atoms with van der Waals surface area (Å²) < 4.78 is 69.5. The third kappa shape index (κ3) is 6.11. The number of carboxylic acids is 1. The number of pyridine rings is 1. The molecule has 5 aromatic rings. The molecule has 0 saturated carbocycles. The van der Waals surface area contributed by atoms with Crippen molar-refractivity contribution >= 4 is 33.6 Å². The molecule has 43 heavy (non-hydrogen) atoms. The number of aromatic nitrogens is 1. The molecule has 0 fully saturated rings. The molecular weight excluding hydrogens is 571 g/mol. The monoisotopic (exact) mass is 596 g/mol. The number of aryl methyl sites for hydroxylation is 2. The molecule has 0 unspecified atom stereocenters. The van der Waals surface area contributed by atoms with Crippen LogP contribution in [0.25, 0.3) is 32.8 Å². The van der Waals surface area contributed by atoms with Crippen molar-refractivity contribution in [1.82, 2.24) is 4.57 Å². The fourth-order valence-corrected chi connectivity index (χ4v) is 5.05. The summed E-state index contributed by atoms with van der Waals surface area (Å²) in [6, 6.07) is 17.7. The Morgan fingerprint density at radius 1 is 0.860 bits per heavy atom. The first-order chi connectivity index (χ1) is 20.2. The molecule has 0 radical (unpaired) electrons. The Kier molecular flexibility index (Phi) is 8.65. The zero-order chi connectivity index (χ0) is 31.6. The Bertz CT molecular complexity index is 1950. The van der Waals surface area contributed by atoms with Gasteiger partial charge in [0.05, 0.1) is 22.2 Å². The summed E-state index contributed by atoms with van der Waals surface area (Å²) in [4.78, 5) is 34.8. The van der Waals surface area contributed by atoms with E-state index in [0.717, 1.165) is 12.1 Å². The van der Waals surface area contributed by atoms with Crippen LogP contribution < -0.4 is 11.3 Å². The van der Waals surface area contributed by atoms with Crippen LogP contribution in [0.4, 0.5) is 22.0 Å². The number of carbonyl (C=O) groups is 2. The van der Waals surface area contributed by atoms with Crippen molar-refractivity contribution in [3.63, 3.8) is 0 Å². The number of hydrogen-bond donors (Lipinski definition) is 2. The first-order valence-electron chi connectivity index (χ1n) is 12.9. The van der Waals surface area contributed by atoms with E-state index in [2.05, 4.69) is 0 Å². The molecule has 0 spiro atoms. The van der Waals surface area contributed by atoms with E-state index in [-0.39, 0.29) is 40.4 Å². The number of carbonyl (C=O) groups excluding carboxylic acids is 1. The van der Waals surface area contributed by atoms with Crippen molar-refractivity contribution in [2.75, 3.05) is 0 Å². The van der Waals surface area contributed by atoms with Gasteiger partial charge in [-0.2, -0.15) is 13.2 Å². The topological polar surface area (TPSA) is 102 Å². The van der Waals surface area contributed by atoms with E-state index in [1.807, 2.05) is 0 Å². The summed E-state index contributed by atoms with van der Waals surface area (Å²) in [5.41, 5.74) is 3.37. The predicted molar refractivity (Wildman–Crippen MR) is 153 cm³/mol. The highest BCUT2D eigenvalue weighted by Gasteiger charge is 2.38. The molecule has 1 heterocycles. The second-order valence-electron chi connectivity index (χ2n) is 9.73. The number of hydrogen-bond acceptors (Lipinski definition) is 3. The normalized spacial score (nSPS) is 11.3. The van der Waals surface area contributed by atoms with Gasteiger partial charge in [0.2, 0.25) is 0 Å². The molecular formula is C32H25F5N2O4. The molecule has 0 aliphatic rings. The van der Waals surface area contributed by atoms with Crippen molar-refractivity contribution in [3.8, 4) is 11.1 Å². The van der Waals surface area contributed by atoms with E-state index in [9.17, 15) is 36.3 Å². The molecule has 5 rings (SSSR count). The second-order valence-corrected chi connectivity index (χ2v) is 9.73. The molecule has 3 N–H and O–H groups in total. The molecule has 222 valence electrons. The summed E-state index contributed by atoms with van der Waals surface area (Å²) in [5.74, 6) is -3.34. The SMILES string of the molecule is Cc1c(F)ccc(F)c1C(N)=O.Cn1c(=O)c(-c2cccc3c(CCC(=O)O)cccc23)c(C(F)(F)F)c2ccccc21. The average Bonchev–Trinajstić information content (AvgIpc) is 2.95. The number of halogens is 5. The number of alkyl halides is 3. The molecule has 0 aliphatic carbocycles. The van der Waals surface area contributed by atoms with Gasteiger partial charge in [-0.25, -0.2) is 8.78 Å². The maximum Gasteiger partial charge on any atom is 0.417 e. The van der Waals surface area contributed by atoms with Crippen molar-refractivity contribution in [1.29, 1.82) is 0 Å². The summed E-state index contributed by atoms with van der Waals surface area (Å²) in [7, 11) is 1.46. The number of nitrogens with zero attached hydrogens (tertiary/aromatic N) is 1. The Morgan fingerprint density at radius 3 is 2.09 bits per heavy atom. The van der Waals surface area contributed by atoms with Crippen molar-refractivity contribution in [3.05, 3.63) is 117 Å². The quantitative estimate of drug-likeness (QED) is 0.219. The van der Waals surface area contributed by atoms with Gasteiger partial charge in [0, 0.05) is 24.4 Å². The minimum Gasteiger partial charge on any atom is -0.481 e. The van der Waals surface area contributed by atoms with Gasteiger partial charge >= 0.3 is 12.1 Å². The van der Waals surface area contributed by atoms with Crippen LogP contribution in [0, 0.1) is 18.6 Å². The third-order valence-electron chi connectivity index (χ3n) is 7.07. The zero-order valence-electron chi connectivity index (χ0n) is 22.9. The van der Waals surface area contributed by atoms with Crippen molar-refractivity contribution in [2.24, 2.45) is 12.8 Å². The predicted octanol–water partition coefficient (Wildman–Crippen LogP) is 6.77. The lowest BCUT2D eigenvalue weighted by molar-refractivity contribution is -0.137. The number of rotatable bonds is 5. The van der Waals surface area contributed by atoms with E-state index in [0.29, 0.717) is 16.3 Å². The number of carboxylic acid groups (broad SMARTS) is 1. The van der Waals surface area contributed by atoms with E-state index < -0.39 is 46.4 Å². The van der Waals surface area contributed by atoms with Gasteiger partial charge in [0.1, 0.15) is 11.6 Å². The Hall–Kier alpha value is -5.06. The van der Waals surface area contributed by atoms with Crippen LogP contribution in [0.2, 0.25) is 0 Å². The summed E-state index contributed by atoms with van der Waals surface area (Å²) in [5, 5.41) is 10.1. The van der Waals surface area contributed by atoms with Crippen molar-refractivity contribution in [2.45, 2.75) is 25.9 Å². The molecule has 0 saturated heterocycles. The number of aliphatic carboxylic acids is 1. The van der Waals surface area contributed by atoms with Crippen LogP contribution in [-0.2, 0) is 24.4 Å². The average molecular weight is 597 g/mol. The Labute approximate surface area is 241 Å². The highest BCUT2D eigenvalue weighted by Crippen LogP contribution is 2.42. The van der Waals surface area contributed by atoms with E-state index in [1.165, 1.54) is 42.8 Å². The third-order valence-corrected chi connectivity index (χ3v) is 7.07. The number of benzene rings is 4. The first-order valence-corrected chi connectivity index (χ1v) is 12.9. The largest absolute Gasteiger partial charge is 0.481 e. The lowest BCUT2D eigenvalue weighted by atomic mass is 9.91. The molecule has 11 heteroatoms. The summed E-state index contributed by atoms with van der Waals surface area (Å²) in [6.07, 6.45) is -4.61. The van der Waals surface area contributed by atoms with Crippen LogP contribution >= 0.6 is 0 Å². The first kappa shape index (κ1) is 30.9. The number of amides is 1. The molecule has 4 aromatic carbocycles. The number of fused-ring (bicyclic) bond motifs is 2. The number of nitrogens with two attached hydrogens (primary N) is 1. The fraction of sp³-hybridized carbons (Fsp3) is 0.156. The number of primary amides is 1. The van der Waals surface area contributed by atoms with E-state index >= 15 is 0 Å². The van der Waals surface area contributed by atoms with E-state index in [1.54, 1.807) is 36.4 Å². The van der Waals surface area contributed by atoms with Gasteiger partial charge in [-0.3, -0.25) is 14.4 Å². The fourth-order valence-electron chi connectivity index (χ4n) is 5.05. The molecule has 0 atom stereocenters.